The average Bonchev–Trinajstić information content (AvgIpc) is 2.33. The molecule has 0 saturated heterocycles. The van der Waals surface area contributed by atoms with E-state index in [0.717, 1.165) is 0 Å². The maximum absolute atomic E-state index is 13.6. The van der Waals surface area contributed by atoms with Crippen molar-refractivity contribution in [1.82, 2.24) is 4.98 Å². The summed E-state index contributed by atoms with van der Waals surface area (Å²) in [6.07, 6.45) is 1.54. The molecule has 92 valence electrons. The van der Waals surface area contributed by atoms with Gasteiger partial charge in [0.25, 0.3) is 0 Å². The van der Waals surface area contributed by atoms with Gasteiger partial charge in [-0.05, 0) is 30.3 Å². The van der Waals surface area contributed by atoms with Gasteiger partial charge in [0.2, 0.25) is 0 Å². The minimum Gasteiger partial charge on any atom is -0.452 e. The third-order valence-corrected chi connectivity index (χ3v) is 2.80. The maximum Gasteiger partial charge on any atom is 0.166 e. The summed E-state index contributed by atoms with van der Waals surface area (Å²) in [6, 6.07) is 7.79. The second kappa shape index (κ2) is 5.41. The molecular formula is C12H8BrFN2OS. The average molecular weight is 327 g/mol. The number of pyridine rings is 1. The number of nitrogens with zero attached hydrogens (tertiary/aromatic N) is 1. The normalized spacial score (nSPS) is 10.1. The van der Waals surface area contributed by atoms with Crippen LogP contribution in [0.1, 0.15) is 5.69 Å². The molecule has 0 atom stereocenters. The van der Waals surface area contributed by atoms with Crippen molar-refractivity contribution >= 4 is 33.1 Å². The topological polar surface area (TPSA) is 48.1 Å². The second-order valence-electron chi connectivity index (χ2n) is 3.39. The first-order chi connectivity index (χ1) is 8.58. The number of hydrogen-bond acceptors (Lipinski definition) is 3. The molecule has 0 fully saturated rings. The van der Waals surface area contributed by atoms with Gasteiger partial charge in [0.05, 0.1) is 0 Å². The van der Waals surface area contributed by atoms with Crippen LogP contribution < -0.4 is 10.5 Å². The smallest absolute Gasteiger partial charge is 0.166 e. The van der Waals surface area contributed by atoms with Crippen molar-refractivity contribution in [2.75, 3.05) is 0 Å². The highest BCUT2D eigenvalue weighted by atomic mass is 79.9. The van der Waals surface area contributed by atoms with Crippen molar-refractivity contribution in [1.29, 1.82) is 0 Å². The first kappa shape index (κ1) is 12.9. The van der Waals surface area contributed by atoms with E-state index in [2.05, 4.69) is 20.9 Å². The summed E-state index contributed by atoms with van der Waals surface area (Å²) >= 11 is 8.02. The zero-order valence-corrected chi connectivity index (χ0v) is 11.5. The predicted molar refractivity (Wildman–Crippen MR) is 74.3 cm³/mol. The minimum atomic E-state index is -0.484. The highest BCUT2D eigenvalue weighted by Crippen LogP contribution is 2.28. The molecule has 0 saturated carbocycles. The molecule has 0 amide bonds. The molecule has 0 spiro atoms. The number of nitrogens with two attached hydrogens (primary N) is 1. The van der Waals surface area contributed by atoms with E-state index >= 15 is 0 Å². The van der Waals surface area contributed by atoms with Crippen LogP contribution in [0.3, 0.4) is 0 Å². The molecule has 0 bridgehead atoms. The first-order valence-electron chi connectivity index (χ1n) is 4.95. The monoisotopic (exact) mass is 326 g/mol. The number of benzene rings is 1. The molecule has 1 heterocycles. The summed E-state index contributed by atoms with van der Waals surface area (Å²) < 4.78 is 19.7. The number of aromatic nitrogens is 1. The van der Waals surface area contributed by atoms with E-state index in [9.17, 15) is 4.39 Å². The summed E-state index contributed by atoms with van der Waals surface area (Å²) in [5.41, 5.74) is 5.85. The predicted octanol–water partition coefficient (Wildman–Crippen LogP) is 3.41. The van der Waals surface area contributed by atoms with Crippen LogP contribution in [0.5, 0.6) is 11.5 Å². The Hall–Kier alpha value is -1.53. The Kier molecular flexibility index (Phi) is 3.88. The van der Waals surface area contributed by atoms with Crippen molar-refractivity contribution in [3.8, 4) is 11.5 Å². The molecule has 0 unspecified atom stereocenters. The third-order valence-electron chi connectivity index (χ3n) is 2.12. The van der Waals surface area contributed by atoms with Crippen molar-refractivity contribution < 1.29 is 9.13 Å². The van der Waals surface area contributed by atoms with Gasteiger partial charge in [0, 0.05) is 10.7 Å². The fourth-order valence-electron chi connectivity index (χ4n) is 1.33. The standard InChI is InChI=1S/C12H8BrFN2OS/c13-7-3-4-9(8(14)6-7)17-10-2-1-5-16-11(10)12(15)18/h1-6H,(H2,15,18). The van der Waals surface area contributed by atoms with Gasteiger partial charge in [-0.1, -0.05) is 28.1 Å². The Morgan fingerprint density at radius 3 is 2.78 bits per heavy atom. The highest BCUT2D eigenvalue weighted by molar-refractivity contribution is 9.10. The van der Waals surface area contributed by atoms with E-state index in [1.165, 1.54) is 12.1 Å². The fraction of sp³-hybridized carbons (Fsp3) is 0. The Morgan fingerprint density at radius 2 is 2.11 bits per heavy atom. The molecule has 2 aromatic rings. The molecule has 1 aromatic carbocycles. The summed E-state index contributed by atoms with van der Waals surface area (Å²) in [7, 11) is 0. The maximum atomic E-state index is 13.6. The molecule has 2 rings (SSSR count). The van der Waals surface area contributed by atoms with Crippen molar-refractivity contribution in [3.05, 3.63) is 52.5 Å². The van der Waals surface area contributed by atoms with E-state index in [1.807, 2.05) is 0 Å². The molecular weight excluding hydrogens is 319 g/mol. The van der Waals surface area contributed by atoms with Gasteiger partial charge in [-0.15, -0.1) is 0 Å². The summed E-state index contributed by atoms with van der Waals surface area (Å²) in [6.45, 7) is 0. The van der Waals surface area contributed by atoms with E-state index < -0.39 is 5.82 Å². The van der Waals surface area contributed by atoms with Gasteiger partial charge in [-0.2, -0.15) is 0 Å². The van der Waals surface area contributed by atoms with Gasteiger partial charge < -0.3 is 10.5 Å². The minimum absolute atomic E-state index is 0.0868. The Bertz CT molecular complexity index is 606. The van der Waals surface area contributed by atoms with Crippen molar-refractivity contribution in [2.45, 2.75) is 0 Å². The molecule has 0 aliphatic heterocycles. The van der Waals surface area contributed by atoms with Gasteiger partial charge in [-0.3, -0.25) is 0 Å². The lowest BCUT2D eigenvalue weighted by Gasteiger charge is -2.09. The van der Waals surface area contributed by atoms with E-state index in [0.29, 0.717) is 15.9 Å². The van der Waals surface area contributed by atoms with Crippen LogP contribution in [0, 0.1) is 5.82 Å². The van der Waals surface area contributed by atoms with Crippen LogP contribution in [-0.4, -0.2) is 9.97 Å². The van der Waals surface area contributed by atoms with Gasteiger partial charge >= 0.3 is 0 Å². The lowest BCUT2D eigenvalue weighted by atomic mass is 10.3. The van der Waals surface area contributed by atoms with Crippen LogP contribution in [0.2, 0.25) is 0 Å². The first-order valence-corrected chi connectivity index (χ1v) is 6.16. The zero-order chi connectivity index (χ0) is 13.1. The van der Waals surface area contributed by atoms with E-state index in [1.54, 1.807) is 24.4 Å². The molecule has 0 aliphatic rings. The molecule has 3 nitrogen and oxygen atoms in total. The lowest BCUT2D eigenvalue weighted by molar-refractivity contribution is 0.439. The molecule has 0 radical (unpaired) electrons. The van der Waals surface area contributed by atoms with Crippen LogP contribution in [-0.2, 0) is 0 Å². The summed E-state index contributed by atoms with van der Waals surface area (Å²) in [5, 5.41) is 0. The number of halogens is 2. The number of hydrogen-bond donors (Lipinski definition) is 1. The molecule has 1 aromatic heterocycles. The molecule has 2 N–H and O–H groups in total. The highest BCUT2D eigenvalue weighted by Gasteiger charge is 2.11. The quantitative estimate of drug-likeness (QED) is 0.878. The van der Waals surface area contributed by atoms with Crippen LogP contribution in [0.25, 0.3) is 0 Å². The Balaban J connectivity index is 2.37. The molecule has 6 heteroatoms. The largest absolute Gasteiger partial charge is 0.452 e. The van der Waals surface area contributed by atoms with Gasteiger partial charge in [0.15, 0.2) is 17.3 Å². The summed E-state index contributed by atoms with van der Waals surface area (Å²) in [5.74, 6) is -0.0722. The van der Waals surface area contributed by atoms with Crippen LogP contribution in [0.15, 0.2) is 41.0 Å². The van der Waals surface area contributed by atoms with E-state index in [4.69, 9.17) is 22.7 Å². The fourth-order valence-corrected chi connectivity index (χ4v) is 1.82. The zero-order valence-electron chi connectivity index (χ0n) is 9.06. The SMILES string of the molecule is NC(=S)c1ncccc1Oc1ccc(Br)cc1F. The molecule has 0 aliphatic carbocycles. The number of thiocarbonyl (C=S) groups is 1. The Morgan fingerprint density at radius 1 is 1.33 bits per heavy atom. The van der Waals surface area contributed by atoms with Gasteiger partial charge in [-0.25, -0.2) is 9.37 Å². The van der Waals surface area contributed by atoms with E-state index in [-0.39, 0.29) is 10.7 Å². The van der Waals surface area contributed by atoms with Crippen molar-refractivity contribution in [2.24, 2.45) is 5.73 Å². The Labute approximate surface area is 117 Å². The lowest BCUT2D eigenvalue weighted by Crippen LogP contribution is -2.12. The van der Waals surface area contributed by atoms with Crippen LogP contribution in [0.4, 0.5) is 4.39 Å². The van der Waals surface area contributed by atoms with Crippen molar-refractivity contribution in [3.63, 3.8) is 0 Å². The summed E-state index contributed by atoms with van der Waals surface area (Å²) in [4.78, 5) is 4.10. The molecule has 18 heavy (non-hydrogen) atoms. The number of rotatable bonds is 3. The van der Waals surface area contributed by atoms with Gasteiger partial charge in [0.1, 0.15) is 10.7 Å². The second-order valence-corrected chi connectivity index (χ2v) is 4.75. The number of ether oxygens (including phenoxy) is 1. The van der Waals surface area contributed by atoms with Crippen LogP contribution >= 0.6 is 28.1 Å². The third kappa shape index (κ3) is 2.83.